The molecule has 1 rings (SSSR count). The van der Waals surface area contributed by atoms with Crippen molar-refractivity contribution in [2.24, 2.45) is 29.6 Å². The fourth-order valence-electron chi connectivity index (χ4n) is 4.31. The second-order valence-corrected chi connectivity index (χ2v) is 8.18. The molecule has 158 valence electrons. The number of epoxide rings is 1. The van der Waals surface area contributed by atoms with Crippen molar-refractivity contribution in [1.82, 2.24) is 0 Å². The maximum absolute atomic E-state index is 13.2. The molecule has 0 aliphatic carbocycles. The average molecular weight is 383 g/mol. The Kier molecular flexibility index (Phi) is 10.7. The van der Waals surface area contributed by atoms with Gasteiger partial charge in [-0.3, -0.25) is 9.59 Å². The summed E-state index contributed by atoms with van der Waals surface area (Å²) in [5, 5.41) is 9.83. The van der Waals surface area contributed by atoms with E-state index in [1.54, 1.807) is 0 Å². The summed E-state index contributed by atoms with van der Waals surface area (Å²) < 4.78 is 6.05. The fraction of sp³-hybridized carbons (Fsp3) is 0.826. The van der Waals surface area contributed by atoms with Crippen molar-refractivity contribution in [2.75, 3.05) is 6.61 Å². The second-order valence-electron chi connectivity index (χ2n) is 8.18. The van der Waals surface area contributed by atoms with Gasteiger partial charge in [0.1, 0.15) is 11.6 Å². The summed E-state index contributed by atoms with van der Waals surface area (Å²) in [4.78, 5) is 25.0. The van der Waals surface area contributed by atoms with Crippen molar-refractivity contribution >= 4 is 11.6 Å². The maximum Gasteiger partial charge on any atom is 0.141 e. The first-order chi connectivity index (χ1) is 12.2. The van der Waals surface area contributed by atoms with Crippen molar-refractivity contribution in [3.8, 4) is 0 Å². The molecule has 1 aliphatic rings. The van der Waals surface area contributed by atoms with E-state index >= 15 is 0 Å². The molecule has 1 N–H and O–H groups in total. The van der Waals surface area contributed by atoms with E-state index in [0.717, 1.165) is 0 Å². The highest BCUT2D eigenvalue weighted by atomic mass is 16.6. The third kappa shape index (κ3) is 5.99. The Morgan fingerprint density at radius 2 is 1.78 bits per heavy atom. The van der Waals surface area contributed by atoms with E-state index in [1.807, 2.05) is 33.8 Å². The Morgan fingerprint density at radius 3 is 2.22 bits per heavy atom. The standard InChI is InChI=1S/C22H38O4.CH4/c1-8-11-14(4)21-22(7,26-21)16(6)18(10-3)20(25)19(13-23)15(5)12-17(24)9-2;/h8,11,14-16,18-19,21,23H,9-10,12-13H2,1-7H3;1H4/b11-8-;/t14-,15?,16-,18+,19?,21+,22+;/m0./s1. The maximum atomic E-state index is 13.2. The average Bonchev–Trinajstić information content (AvgIpc) is 3.29. The van der Waals surface area contributed by atoms with Crippen molar-refractivity contribution in [2.45, 2.75) is 86.9 Å². The van der Waals surface area contributed by atoms with Gasteiger partial charge in [-0.2, -0.15) is 0 Å². The van der Waals surface area contributed by atoms with Gasteiger partial charge in [-0.05, 0) is 32.1 Å². The first-order valence-electron chi connectivity index (χ1n) is 10.1. The molecule has 0 aromatic carbocycles. The molecule has 0 radical (unpaired) electrons. The molecule has 4 nitrogen and oxygen atoms in total. The third-order valence-electron chi connectivity index (χ3n) is 6.37. The Morgan fingerprint density at radius 1 is 1.19 bits per heavy atom. The zero-order valence-corrected chi connectivity index (χ0v) is 17.6. The van der Waals surface area contributed by atoms with Crippen LogP contribution in [0.15, 0.2) is 12.2 Å². The van der Waals surface area contributed by atoms with E-state index in [9.17, 15) is 14.7 Å². The lowest BCUT2D eigenvalue weighted by Gasteiger charge is -2.31. The van der Waals surface area contributed by atoms with Crippen LogP contribution in [0.1, 0.15) is 75.2 Å². The Balaban J connectivity index is 0.00000676. The van der Waals surface area contributed by atoms with Crippen LogP contribution < -0.4 is 0 Å². The quantitative estimate of drug-likeness (QED) is 0.387. The molecule has 0 saturated carbocycles. The molecular formula is C23H42O4. The largest absolute Gasteiger partial charge is 0.396 e. The highest BCUT2D eigenvalue weighted by Crippen LogP contribution is 2.50. The minimum Gasteiger partial charge on any atom is -0.396 e. The Hall–Kier alpha value is -1.00. The monoisotopic (exact) mass is 382 g/mol. The van der Waals surface area contributed by atoms with Crippen molar-refractivity contribution < 1.29 is 19.4 Å². The van der Waals surface area contributed by atoms with E-state index in [-0.39, 0.29) is 55.1 Å². The van der Waals surface area contributed by atoms with Crippen molar-refractivity contribution in [1.29, 1.82) is 0 Å². The molecule has 0 aromatic heterocycles. The lowest BCUT2D eigenvalue weighted by atomic mass is 9.71. The fourth-order valence-corrected chi connectivity index (χ4v) is 4.31. The van der Waals surface area contributed by atoms with Gasteiger partial charge in [0.15, 0.2) is 0 Å². The van der Waals surface area contributed by atoms with E-state index in [1.165, 1.54) is 0 Å². The first kappa shape index (κ1) is 26.0. The molecule has 2 unspecified atom stereocenters. The molecule has 0 bridgehead atoms. The smallest absolute Gasteiger partial charge is 0.141 e. The molecule has 0 aromatic rings. The normalized spacial score (nSPS) is 27.3. The third-order valence-corrected chi connectivity index (χ3v) is 6.37. The summed E-state index contributed by atoms with van der Waals surface area (Å²) in [6, 6.07) is 0. The predicted molar refractivity (Wildman–Crippen MR) is 112 cm³/mol. The van der Waals surface area contributed by atoms with Crippen LogP contribution in [0.25, 0.3) is 0 Å². The highest BCUT2D eigenvalue weighted by Gasteiger charge is 2.59. The van der Waals surface area contributed by atoms with Gasteiger partial charge in [-0.25, -0.2) is 0 Å². The number of hydrogen-bond donors (Lipinski definition) is 1. The molecule has 1 saturated heterocycles. The predicted octanol–water partition coefficient (Wildman–Crippen LogP) is 4.84. The summed E-state index contributed by atoms with van der Waals surface area (Å²) >= 11 is 0. The lowest BCUT2D eigenvalue weighted by molar-refractivity contribution is -0.133. The number of hydrogen-bond acceptors (Lipinski definition) is 4. The highest BCUT2D eigenvalue weighted by molar-refractivity contribution is 5.85. The van der Waals surface area contributed by atoms with Gasteiger partial charge >= 0.3 is 0 Å². The molecule has 0 spiro atoms. The topological polar surface area (TPSA) is 66.9 Å². The number of ether oxygens (including phenoxy) is 1. The van der Waals surface area contributed by atoms with Crippen LogP contribution in [0.4, 0.5) is 0 Å². The number of Topliss-reactive ketones (excluding diaryl/α,β-unsaturated/α-hetero) is 2. The molecule has 4 heteroatoms. The van der Waals surface area contributed by atoms with E-state index < -0.39 is 5.92 Å². The van der Waals surface area contributed by atoms with Crippen LogP contribution >= 0.6 is 0 Å². The van der Waals surface area contributed by atoms with Crippen LogP contribution in [0.5, 0.6) is 0 Å². The first-order valence-corrected chi connectivity index (χ1v) is 10.1. The molecule has 1 fully saturated rings. The molecule has 1 aliphatic heterocycles. The number of aliphatic hydroxyl groups excluding tert-OH is 1. The summed E-state index contributed by atoms with van der Waals surface area (Å²) in [5.74, 6) is -0.177. The van der Waals surface area contributed by atoms with E-state index in [4.69, 9.17) is 4.74 Å². The minimum atomic E-state index is -0.480. The van der Waals surface area contributed by atoms with Gasteiger partial charge in [-0.1, -0.05) is 54.2 Å². The number of ketones is 2. The summed E-state index contributed by atoms with van der Waals surface area (Å²) in [6.07, 6.45) is 5.85. The number of aliphatic hydroxyl groups is 1. The zero-order valence-electron chi connectivity index (χ0n) is 17.6. The Bertz CT molecular complexity index is 513. The van der Waals surface area contributed by atoms with E-state index in [2.05, 4.69) is 26.8 Å². The molecule has 7 atom stereocenters. The van der Waals surface area contributed by atoms with Crippen LogP contribution in [-0.4, -0.2) is 35.0 Å². The number of carbonyl (C=O) groups is 2. The second kappa shape index (κ2) is 11.1. The van der Waals surface area contributed by atoms with Gasteiger partial charge < -0.3 is 9.84 Å². The summed E-state index contributed by atoms with van der Waals surface area (Å²) in [5.41, 5.74) is -0.308. The van der Waals surface area contributed by atoms with Gasteiger partial charge in [-0.15, -0.1) is 0 Å². The van der Waals surface area contributed by atoms with E-state index in [0.29, 0.717) is 25.2 Å². The molecule has 1 heterocycles. The van der Waals surface area contributed by atoms with Gasteiger partial charge in [0.05, 0.1) is 18.3 Å². The molecular weight excluding hydrogens is 340 g/mol. The van der Waals surface area contributed by atoms with Crippen LogP contribution in [0.3, 0.4) is 0 Å². The van der Waals surface area contributed by atoms with Crippen LogP contribution in [-0.2, 0) is 14.3 Å². The number of allylic oxidation sites excluding steroid dienone is 1. The Labute approximate surface area is 166 Å². The summed E-state index contributed by atoms with van der Waals surface area (Å²) in [7, 11) is 0. The van der Waals surface area contributed by atoms with Crippen molar-refractivity contribution in [3.05, 3.63) is 12.2 Å². The van der Waals surface area contributed by atoms with Gasteiger partial charge in [0.25, 0.3) is 0 Å². The number of carbonyl (C=O) groups excluding carboxylic acids is 2. The summed E-state index contributed by atoms with van der Waals surface area (Å²) in [6.45, 7) is 13.9. The van der Waals surface area contributed by atoms with Gasteiger partial charge in [0, 0.05) is 30.6 Å². The van der Waals surface area contributed by atoms with Gasteiger partial charge in [0.2, 0.25) is 0 Å². The SMILES string of the molecule is C.C/C=C\[C@H](C)[C@H]1O[C@]1(C)[C@@H](C)[C@@H](CC)C(=O)C(CO)C(C)CC(=O)CC. The lowest BCUT2D eigenvalue weighted by Crippen LogP contribution is -2.39. The minimum absolute atomic E-state index is 0. The molecule has 0 amide bonds. The van der Waals surface area contributed by atoms with Crippen molar-refractivity contribution in [3.63, 3.8) is 0 Å². The molecule has 27 heavy (non-hydrogen) atoms. The number of rotatable bonds is 12. The van der Waals surface area contributed by atoms with Crippen LogP contribution in [0, 0.1) is 29.6 Å². The zero-order chi connectivity index (χ0) is 20.1. The van der Waals surface area contributed by atoms with Crippen LogP contribution in [0.2, 0.25) is 0 Å².